The number of aliphatic hydroxyl groups is 8. The van der Waals surface area contributed by atoms with E-state index in [9.17, 15) is 40.9 Å². The highest BCUT2D eigenvalue weighted by molar-refractivity contribution is 5.89. The third-order valence-corrected chi connectivity index (χ3v) is 27.8. The van der Waals surface area contributed by atoms with Gasteiger partial charge in [0, 0.05) is 102 Å². The average Bonchev–Trinajstić information content (AvgIpc) is 0.767. The maximum absolute atomic E-state index is 15.1. The maximum atomic E-state index is 15.1. The topological polar surface area (TPSA) is 375 Å². The first-order chi connectivity index (χ1) is 57.2. The van der Waals surface area contributed by atoms with Crippen LogP contribution in [0.5, 0.6) is 0 Å². The van der Waals surface area contributed by atoms with Gasteiger partial charge in [0.15, 0.2) is 25.2 Å². The van der Waals surface area contributed by atoms with Crippen molar-refractivity contribution in [3.8, 4) is 0 Å². The molecule has 6 aliphatic heterocycles. The lowest BCUT2D eigenvalue weighted by molar-refractivity contribution is -0.320. The molecule has 0 amide bonds. The van der Waals surface area contributed by atoms with Crippen LogP contribution in [0.3, 0.4) is 0 Å². The summed E-state index contributed by atoms with van der Waals surface area (Å²) < 4.78 is 92.5. The molecule has 36 atom stereocenters. The van der Waals surface area contributed by atoms with Crippen molar-refractivity contribution in [3.63, 3.8) is 0 Å². The Kier molecular flexibility index (Phi) is 37.0. The zero-order valence-corrected chi connectivity index (χ0v) is 77.4. The van der Waals surface area contributed by atoms with Crippen molar-refractivity contribution in [2.45, 2.75) is 371 Å². The van der Waals surface area contributed by atoms with E-state index < -0.39 is 228 Å². The smallest absolute Gasteiger partial charge is 0.311 e. The second kappa shape index (κ2) is 44.0. The molecule has 0 aliphatic carbocycles. The molecule has 2 aromatic carbocycles. The fraction of sp³-hybridized carbons (Fsp3) is 0.804. The van der Waals surface area contributed by atoms with Crippen LogP contribution in [0, 0.1) is 47.3 Å². The molecule has 0 unspecified atom stereocenters. The van der Waals surface area contributed by atoms with Crippen molar-refractivity contribution in [2.24, 2.45) is 57.7 Å². The predicted molar refractivity (Wildman–Crippen MR) is 456 cm³/mol. The minimum atomic E-state index is -2.09. The number of nitrogens with zero attached hydrogens (tertiary/aromatic N) is 4. The molecule has 0 bridgehead atoms. The number of carbonyl (C=O) groups excluding carboxylic acids is 2. The molecule has 0 radical (unpaired) electrons. The van der Waals surface area contributed by atoms with Crippen LogP contribution < -0.4 is 0 Å². The van der Waals surface area contributed by atoms with E-state index in [0.717, 1.165) is 11.1 Å². The number of cyclic esters (lactones) is 2. The number of benzene rings is 2. The van der Waals surface area contributed by atoms with Gasteiger partial charge < -0.3 is 117 Å². The second-order valence-electron chi connectivity index (χ2n) is 37.4. The zero-order chi connectivity index (χ0) is 90.6. The molecule has 6 saturated heterocycles. The van der Waals surface area contributed by atoms with Gasteiger partial charge in [-0.15, -0.1) is 0 Å². The van der Waals surface area contributed by atoms with Gasteiger partial charge in [-0.05, 0) is 159 Å². The molecule has 30 heteroatoms. The summed E-state index contributed by atoms with van der Waals surface area (Å²) in [6, 6.07) is 19.0. The fourth-order valence-electron chi connectivity index (χ4n) is 19.8. The van der Waals surface area contributed by atoms with Crippen LogP contribution in [0.15, 0.2) is 83.1 Å². The van der Waals surface area contributed by atoms with E-state index in [-0.39, 0.29) is 51.7 Å². The van der Waals surface area contributed by atoms with Gasteiger partial charge in [-0.2, -0.15) is 0 Å². The predicted octanol–water partition coefficient (Wildman–Crippen LogP) is 9.20. The third kappa shape index (κ3) is 24.0. The summed E-state index contributed by atoms with van der Waals surface area (Å²) in [5, 5.41) is 108. The van der Waals surface area contributed by atoms with Gasteiger partial charge in [0.2, 0.25) is 0 Å². The summed E-state index contributed by atoms with van der Waals surface area (Å²) in [7, 11) is 9.97. The highest BCUT2D eigenvalue weighted by Gasteiger charge is 2.58. The van der Waals surface area contributed by atoms with Crippen molar-refractivity contribution in [3.05, 3.63) is 83.9 Å². The minimum absolute atomic E-state index is 0.0534. The van der Waals surface area contributed by atoms with Gasteiger partial charge in [0.25, 0.3) is 0 Å². The number of oxime groups is 2. The van der Waals surface area contributed by atoms with Crippen LogP contribution in [-0.2, 0) is 98.7 Å². The minimum Gasteiger partial charge on any atom is -0.459 e. The highest BCUT2D eigenvalue weighted by atomic mass is 16.7. The molecule has 6 aliphatic rings. The summed E-state index contributed by atoms with van der Waals surface area (Å²) >= 11 is 0. The Morgan fingerprint density at radius 2 is 0.779 bits per heavy atom. The Morgan fingerprint density at radius 3 is 1.09 bits per heavy atom. The van der Waals surface area contributed by atoms with Gasteiger partial charge in [0.1, 0.15) is 61.0 Å². The van der Waals surface area contributed by atoms with Crippen LogP contribution in [0.4, 0.5) is 0 Å². The molecule has 696 valence electrons. The van der Waals surface area contributed by atoms with E-state index in [1.807, 2.05) is 130 Å². The molecule has 0 saturated carbocycles. The Morgan fingerprint density at radius 1 is 0.451 bits per heavy atom. The second-order valence-corrected chi connectivity index (χ2v) is 37.4. The zero-order valence-electron chi connectivity index (χ0n) is 77.4. The summed E-state index contributed by atoms with van der Waals surface area (Å²) in [6.07, 6.45) is -17.0. The lowest BCUT2D eigenvalue weighted by Crippen LogP contribution is -2.61. The summed E-state index contributed by atoms with van der Waals surface area (Å²) in [5.74, 6) is -8.76. The van der Waals surface area contributed by atoms with Gasteiger partial charge in [0.05, 0.1) is 107 Å². The summed E-state index contributed by atoms with van der Waals surface area (Å²) in [5.41, 5.74) is -6.57. The number of hydrogen-bond donors (Lipinski definition) is 8. The van der Waals surface area contributed by atoms with Crippen molar-refractivity contribution >= 4 is 23.4 Å². The van der Waals surface area contributed by atoms with Crippen LogP contribution in [0.2, 0.25) is 0 Å². The van der Waals surface area contributed by atoms with E-state index in [4.69, 9.17) is 86.3 Å². The monoisotopic (exact) mass is 1730 g/mol. The van der Waals surface area contributed by atoms with Crippen LogP contribution in [-0.4, -0.2) is 298 Å². The molecule has 2 aromatic rings. The molecule has 122 heavy (non-hydrogen) atoms. The number of ether oxygens (including phenoxy) is 14. The molecule has 0 spiro atoms. The number of aliphatic hydroxyl groups excluding tert-OH is 6. The summed E-state index contributed by atoms with van der Waals surface area (Å²) in [6.45, 7) is 35.7. The highest BCUT2D eigenvalue weighted by Crippen LogP contribution is 2.46. The van der Waals surface area contributed by atoms with Crippen molar-refractivity contribution in [1.29, 1.82) is 0 Å². The number of methoxy groups -OCH3 is 4. The van der Waals surface area contributed by atoms with Crippen LogP contribution in [0.1, 0.15) is 201 Å². The van der Waals surface area contributed by atoms with Gasteiger partial charge in [-0.25, -0.2) is 0 Å². The molecular formula is C92H152N4O26. The first kappa shape index (κ1) is 103. The van der Waals surface area contributed by atoms with E-state index in [1.165, 1.54) is 42.3 Å². The molecule has 8 rings (SSSR count). The molecule has 6 fully saturated rings. The number of esters is 2. The standard InChI is InChI=1S/C92H152N4O26/c1-27-67-91(19,105)77(99)55(7)71(51(3)45-89(17,109-25)81(121-85-73(97)65(43-53(5)113-85)95(21)49-63-37-31-29-32-38-63)57(9)75(59(11)83(103)117-67)119-69-47-87(15,107-23)79(101)61(13)115-69)93-111-41-35-36-42-112-94-72-52(4)46-90(18,110-26)82(122-86-74(98)66(44-54(6)114-86)96(22)50-64-39-33-30-34-40-64)58(10)76(120-70-48-88(16,108-24)80(102)62(14)116-70)60(12)84(104)118-68(28-2)92(20,106)78(100)56(72)8/h29-40,51-62,65-70,73-82,85-86,97-102,105-106H,27-28,41-50H2,1-26H3/b36-35+,93-71+,94-72+/t51-,52-,53-,54+,55+,56+,57+,58+,59-,60-,61+,62-,65+,66-,67-,68-,69+,70-,73-,74+,75+,76+,77-,78-,79+,80-,81-,82-,85+,86-,87-,88+,89+,90+,91-,92-/m1/s1. The van der Waals surface area contributed by atoms with Crippen molar-refractivity contribution in [1.82, 2.24) is 9.80 Å². The van der Waals surface area contributed by atoms with Gasteiger partial charge >= 0.3 is 11.9 Å². The number of rotatable bonds is 26. The lowest BCUT2D eigenvalue weighted by atomic mass is 9.73. The van der Waals surface area contributed by atoms with Crippen molar-refractivity contribution < 1.29 is 126 Å². The van der Waals surface area contributed by atoms with Gasteiger partial charge in [-0.1, -0.05) is 126 Å². The van der Waals surface area contributed by atoms with Gasteiger partial charge in [-0.3, -0.25) is 19.4 Å². The Balaban J connectivity index is 1.13. The molecular weight excluding hydrogens is 1580 g/mol. The number of hydrogen-bond acceptors (Lipinski definition) is 30. The maximum Gasteiger partial charge on any atom is 0.311 e. The Bertz CT molecular complexity index is 3410. The van der Waals surface area contributed by atoms with Crippen LogP contribution in [0.25, 0.3) is 0 Å². The molecule has 6 heterocycles. The SMILES string of the molecule is CC[C@H]1OC(=O)[C@H](C)[C@@H](O[C@@H]2C[C@](C)(OC)[C@H](O)[C@@H](C)O2)[C@H](C)[C@@H](O[C@H]2O[C@@H](C)C[C@@H](N(C)Cc3ccccc3)[C@@H]2O)[C@@](C)(OC)C[C@@H](C)/C(=N\OC/C=C/CO/N=C2\[C@H](C)C[C@](C)(OC)[C@H](O[C@@H]3O[C@H](C)C[C@H](N(C)Cc4ccccc4)[C@H]3O)[C@@H](C)[C@H](O[C@H]3C[C@@](C)(OC)[C@@H](O)[C@H](C)O3)[C@@H](C)C(=O)O[C@H](CC)[C@@](C)(O)[C@H](O)[C@H]2C)[C@H](C)[C@@H](O)[C@]1(C)O. The van der Waals surface area contributed by atoms with E-state index in [1.54, 1.807) is 81.4 Å². The third-order valence-electron chi connectivity index (χ3n) is 27.8. The molecule has 0 aromatic heterocycles. The first-order valence-electron chi connectivity index (χ1n) is 44.2. The van der Waals surface area contributed by atoms with E-state index >= 15 is 9.59 Å². The van der Waals surface area contributed by atoms with Crippen LogP contribution >= 0.6 is 0 Å². The largest absolute Gasteiger partial charge is 0.459 e. The average molecular weight is 1730 g/mol. The number of likely N-dealkylation sites (N-methyl/N-ethyl adjacent to an activating group) is 2. The Hall–Kier alpha value is -4.82. The Labute approximate surface area is 725 Å². The fourth-order valence-corrected chi connectivity index (χ4v) is 19.8. The van der Waals surface area contributed by atoms with Crippen molar-refractivity contribution in [2.75, 3.05) is 55.7 Å². The summed E-state index contributed by atoms with van der Waals surface area (Å²) in [4.78, 5) is 46.7. The molecule has 30 nitrogen and oxygen atoms in total. The quantitative estimate of drug-likeness (QED) is 0.0188. The first-order valence-corrected chi connectivity index (χ1v) is 44.2. The lowest BCUT2D eigenvalue weighted by Gasteiger charge is -2.50. The van der Waals surface area contributed by atoms with E-state index in [2.05, 4.69) is 9.80 Å². The molecule has 8 N–H and O–H groups in total. The van der Waals surface area contributed by atoms with E-state index in [0.29, 0.717) is 37.4 Å². The number of carbonyl (C=O) groups is 2. The normalized spacial score (nSPS) is 44.3.